The van der Waals surface area contributed by atoms with Crippen molar-refractivity contribution in [1.82, 2.24) is 15.0 Å². The first-order valence-electron chi connectivity index (χ1n) is 9.91. The van der Waals surface area contributed by atoms with Crippen LogP contribution in [-0.4, -0.2) is 58.0 Å². The van der Waals surface area contributed by atoms with Gasteiger partial charge in [-0.15, -0.1) is 0 Å². The van der Waals surface area contributed by atoms with Gasteiger partial charge >= 0.3 is 6.09 Å². The molecule has 0 aromatic carbocycles. The summed E-state index contributed by atoms with van der Waals surface area (Å²) in [5, 5.41) is 4.91. The van der Waals surface area contributed by atoms with Crippen LogP contribution in [0.3, 0.4) is 0 Å². The molecule has 0 bridgehead atoms. The van der Waals surface area contributed by atoms with Gasteiger partial charge in [-0.1, -0.05) is 35.6 Å². The zero-order valence-corrected chi connectivity index (χ0v) is 18.7. The lowest BCUT2D eigenvalue weighted by Gasteiger charge is -2.33. The largest absolute Gasteiger partial charge is 0.444 e. The van der Waals surface area contributed by atoms with E-state index in [0.29, 0.717) is 24.8 Å². The molecule has 2 aliphatic rings. The summed E-state index contributed by atoms with van der Waals surface area (Å²) in [4.78, 5) is 23.4. The Morgan fingerprint density at radius 1 is 1.43 bits per heavy atom. The van der Waals surface area contributed by atoms with E-state index in [1.54, 1.807) is 18.0 Å². The van der Waals surface area contributed by atoms with E-state index in [4.69, 9.17) is 14.0 Å². The van der Waals surface area contributed by atoms with Crippen LogP contribution in [0, 0.1) is 0 Å². The summed E-state index contributed by atoms with van der Waals surface area (Å²) in [6.07, 6.45) is 6.85. The number of thioether (sulfide) groups is 1. The molecule has 3 heterocycles. The molecule has 0 N–H and O–H groups in total. The van der Waals surface area contributed by atoms with Crippen molar-refractivity contribution in [2.24, 2.45) is 4.99 Å². The van der Waals surface area contributed by atoms with E-state index in [1.165, 1.54) is 11.8 Å². The van der Waals surface area contributed by atoms with Gasteiger partial charge in [0.2, 0.25) is 0 Å². The van der Waals surface area contributed by atoms with Gasteiger partial charge in [0, 0.05) is 25.7 Å². The minimum Gasteiger partial charge on any atom is -0.444 e. The fraction of sp³-hybridized carbons (Fsp3) is 0.524. The molecule has 1 aromatic heterocycles. The van der Waals surface area contributed by atoms with E-state index >= 15 is 0 Å². The van der Waals surface area contributed by atoms with Gasteiger partial charge in [-0.05, 0) is 39.7 Å². The first-order chi connectivity index (χ1) is 14.3. The second-order valence-corrected chi connectivity index (χ2v) is 9.02. The molecule has 0 atom stereocenters. The van der Waals surface area contributed by atoms with Crippen LogP contribution in [0.4, 0.5) is 4.79 Å². The zero-order valence-electron chi connectivity index (χ0n) is 17.9. The molecule has 3 rings (SSSR count). The molecule has 8 nitrogen and oxygen atoms in total. The highest BCUT2D eigenvalue weighted by Crippen LogP contribution is 2.38. The van der Waals surface area contributed by atoms with Crippen molar-refractivity contribution in [2.45, 2.75) is 51.9 Å². The third-order valence-electron chi connectivity index (χ3n) is 4.46. The third kappa shape index (κ3) is 5.82. The fourth-order valence-corrected chi connectivity index (χ4v) is 3.96. The van der Waals surface area contributed by atoms with E-state index in [-0.39, 0.29) is 18.8 Å². The molecule has 1 aromatic rings. The summed E-state index contributed by atoms with van der Waals surface area (Å²) >= 11 is 1.49. The van der Waals surface area contributed by atoms with E-state index in [9.17, 15) is 4.79 Å². The molecule has 0 unspecified atom stereocenters. The van der Waals surface area contributed by atoms with Crippen LogP contribution in [0.25, 0.3) is 4.91 Å². The van der Waals surface area contributed by atoms with Gasteiger partial charge in [-0.3, -0.25) is 4.99 Å². The maximum absolute atomic E-state index is 12.1. The topological polar surface area (TPSA) is 90.0 Å². The van der Waals surface area contributed by atoms with Crippen molar-refractivity contribution in [3.8, 4) is 0 Å². The van der Waals surface area contributed by atoms with E-state index < -0.39 is 5.60 Å². The molecule has 162 valence electrons. The average molecular weight is 433 g/mol. The van der Waals surface area contributed by atoms with Gasteiger partial charge in [0.1, 0.15) is 17.3 Å². The summed E-state index contributed by atoms with van der Waals surface area (Å²) in [7, 11) is 1.75. The second kappa shape index (κ2) is 9.61. The summed E-state index contributed by atoms with van der Waals surface area (Å²) in [6, 6.07) is 0. The smallest absolute Gasteiger partial charge is 0.410 e. The third-order valence-corrected chi connectivity index (χ3v) is 5.59. The van der Waals surface area contributed by atoms with Crippen molar-refractivity contribution in [2.75, 3.05) is 20.1 Å². The van der Waals surface area contributed by atoms with Gasteiger partial charge in [0.15, 0.2) is 5.82 Å². The van der Waals surface area contributed by atoms with E-state index in [1.807, 2.05) is 32.9 Å². The predicted octanol–water partition coefficient (Wildman–Crippen LogP) is 4.21. The molecule has 0 radical (unpaired) electrons. The van der Waals surface area contributed by atoms with Gasteiger partial charge in [0.25, 0.3) is 5.89 Å². The Balaban J connectivity index is 1.49. The number of hydrogen-bond acceptors (Lipinski definition) is 8. The number of aromatic nitrogens is 2. The minimum atomic E-state index is -0.486. The number of hydrogen-bond donors (Lipinski definition) is 0. The highest BCUT2D eigenvalue weighted by Gasteiger charge is 2.28. The minimum absolute atomic E-state index is 0.0478. The lowest BCUT2D eigenvalue weighted by molar-refractivity contribution is -0.0190. The summed E-state index contributed by atoms with van der Waals surface area (Å²) in [5.74, 6) is 0.948. The van der Waals surface area contributed by atoms with Crippen LogP contribution >= 0.6 is 11.8 Å². The Hall–Kier alpha value is -2.39. The molecule has 0 saturated carbocycles. The maximum atomic E-state index is 12.1. The van der Waals surface area contributed by atoms with Gasteiger partial charge in [-0.25, -0.2) is 4.79 Å². The van der Waals surface area contributed by atoms with Crippen molar-refractivity contribution >= 4 is 27.8 Å². The lowest BCUT2D eigenvalue weighted by atomic mass is 10.1. The van der Waals surface area contributed by atoms with Crippen LogP contribution in [0.15, 0.2) is 39.9 Å². The molecule has 2 aliphatic heterocycles. The normalized spacial score (nSPS) is 20.7. The molecule has 9 heteroatoms. The molecule has 1 saturated heterocycles. The number of rotatable bonds is 5. The lowest BCUT2D eigenvalue weighted by Crippen LogP contribution is -2.43. The number of likely N-dealkylation sites (tertiary alicyclic amines) is 1. The van der Waals surface area contributed by atoms with Gasteiger partial charge in [-0.2, -0.15) is 4.98 Å². The van der Waals surface area contributed by atoms with Crippen molar-refractivity contribution < 1.29 is 18.8 Å². The number of nitrogens with zero attached hydrogens (tertiary/aromatic N) is 4. The van der Waals surface area contributed by atoms with E-state index in [0.717, 1.165) is 28.4 Å². The van der Waals surface area contributed by atoms with Crippen LogP contribution in [0.2, 0.25) is 0 Å². The standard InChI is InChI=1S/C21H28N4O4S/c1-6-7-14-12-16(30-19(14)22-5)18-23-17(24-29-18)13-27-15-8-10-25(11-9-15)20(26)28-21(2,3)4/h6-7,12,15H,1,8-11,13H2,2-5H3/b14-7-,22-19?. The SMILES string of the molecule is C=C/C=C1/C=C(c2nc(COC3CCN(C(=O)OC(C)(C)C)CC3)no2)SC1=NC. The highest BCUT2D eigenvalue weighted by molar-refractivity contribution is 8.22. The number of carbonyl (C=O) groups is 1. The number of amides is 1. The van der Waals surface area contributed by atoms with Crippen LogP contribution in [-0.2, 0) is 16.1 Å². The Labute approximate surface area is 181 Å². The highest BCUT2D eigenvalue weighted by atomic mass is 32.2. The summed E-state index contributed by atoms with van der Waals surface area (Å²) in [5.41, 5.74) is 0.486. The Morgan fingerprint density at radius 2 is 2.17 bits per heavy atom. The summed E-state index contributed by atoms with van der Waals surface area (Å²) in [6.45, 7) is 10.8. The second-order valence-electron chi connectivity index (χ2n) is 7.99. The number of allylic oxidation sites excluding steroid dienone is 3. The number of piperidine rings is 1. The molecule has 0 spiro atoms. The average Bonchev–Trinajstić information content (AvgIpc) is 3.32. The first-order valence-corrected chi connectivity index (χ1v) is 10.7. The molecule has 0 aliphatic carbocycles. The van der Waals surface area contributed by atoms with Crippen molar-refractivity contribution in [3.63, 3.8) is 0 Å². The zero-order chi connectivity index (χ0) is 21.7. The Morgan fingerprint density at radius 3 is 2.80 bits per heavy atom. The van der Waals surface area contributed by atoms with Crippen LogP contribution in [0.1, 0.15) is 45.3 Å². The van der Waals surface area contributed by atoms with Crippen molar-refractivity contribution in [1.29, 1.82) is 0 Å². The molecule has 1 amide bonds. The number of carbonyl (C=O) groups excluding carboxylic acids is 1. The summed E-state index contributed by atoms with van der Waals surface area (Å²) < 4.78 is 16.8. The number of aliphatic imine (C=N–C) groups is 1. The monoisotopic (exact) mass is 432 g/mol. The van der Waals surface area contributed by atoms with Gasteiger partial charge < -0.3 is 18.9 Å². The predicted molar refractivity (Wildman–Crippen MR) is 117 cm³/mol. The molecule has 30 heavy (non-hydrogen) atoms. The Bertz CT molecular complexity index is 874. The van der Waals surface area contributed by atoms with Gasteiger partial charge in [0.05, 0.1) is 11.0 Å². The fourth-order valence-electron chi connectivity index (χ4n) is 3.06. The molecule has 1 fully saturated rings. The molecular formula is C21H28N4O4S. The first kappa shape index (κ1) is 22.3. The molecular weight excluding hydrogens is 404 g/mol. The number of ether oxygens (including phenoxy) is 2. The van der Waals surface area contributed by atoms with Crippen LogP contribution in [0.5, 0.6) is 0 Å². The Kier molecular flexibility index (Phi) is 7.14. The van der Waals surface area contributed by atoms with Crippen molar-refractivity contribution in [3.05, 3.63) is 42.1 Å². The maximum Gasteiger partial charge on any atom is 0.410 e. The van der Waals surface area contributed by atoms with E-state index in [2.05, 4.69) is 21.7 Å². The van der Waals surface area contributed by atoms with Crippen LogP contribution < -0.4 is 0 Å². The quantitative estimate of drug-likeness (QED) is 0.688.